The van der Waals surface area contributed by atoms with Crippen molar-refractivity contribution in [3.8, 4) is 0 Å². The third kappa shape index (κ3) is 2.19. The summed E-state index contributed by atoms with van der Waals surface area (Å²) < 4.78 is 2.42. The minimum atomic E-state index is 0.940. The van der Waals surface area contributed by atoms with Gasteiger partial charge in [0, 0.05) is 17.9 Å². The highest BCUT2D eigenvalue weighted by Gasteiger charge is 2.12. The van der Waals surface area contributed by atoms with E-state index < -0.39 is 0 Å². The summed E-state index contributed by atoms with van der Waals surface area (Å²) in [7, 11) is 0. The number of hydrogen-bond donors (Lipinski definition) is 0. The highest BCUT2D eigenvalue weighted by molar-refractivity contribution is 14.1. The molecule has 2 nitrogen and oxygen atoms in total. The van der Waals surface area contributed by atoms with Crippen LogP contribution in [0.2, 0.25) is 0 Å². The fourth-order valence-electron chi connectivity index (χ4n) is 3.27. The van der Waals surface area contributed by atoms with Crippen LogP contribution in [0.15, 0.2) is 60.7 Å². The Bertz CT molecular complexity index is 1180. The smallest absolute Gasteiger partial charge is 0.0979 e. The van der Waals surface area contributed by atoms with Crippen molar-refractivity contribution in [3.63, 3.8) is 0 Å². The van der Waals surface area contributed by atoms with Crippen LogP contribution in [0.3, 0.4) is 0 Å². The molecule has 0 aliphatic heterocycles. The van der Waals surface area contributed by atoms with Gasteiger partial charge in [-0.05, 0) is 92.4 Å². The molecule has 0 aliphatic rings. The topological polar surface area (TPSA) is 25.8 Å². The first-order valence-corrected chi connectivity index (χ1v) is 9.73. The molecule has 0 bridgehead atoms. The van der Waals surface area contributed by atoms with Gasteiger partial charge in [-0.15, -0.1) is 0 Å². The van der Waals surface area contributed by atoms with Crippen molar-refractivity contribution in [1.29, 1.82) is 0 Å². The van der Waals surface area contributed by atoms with Crippen molar-refractivity contribution < 1.29 is 0 Å². The largest absolute Gasteiger partial charge is 0.244 e. The summed E-state index contributed by atoms with van der Waals surface area (Å²) >= 11 is 4.72. The van der Waals surface area contributed by atoms with Crippen molar-refractivity contribution in [3.05, 3.63) is 67.8 Å². The standard InChI is InChI=1S/C20H10I2N2/c21-11-5-7-13-14-8-6-12(22)10-16(14)20-19(15(13)9-11)23-17-3-1-2-4-18(17)24-20/h1-10H. The molecular formula is C20H10I2N2. The third-order valence-electron chi connectivity index (χ3n) is 4.33. The maximum absolute atomic E-state index is 4.96. The number of fused-ring (bicyclic) bond motifs is 7. The monoisotopic (exact) mass is 532 g/mol. The lowest BCUT2D eigenvalue weighted by atomic mass is 9.99. The minimum Gasteiger partial charge on any atom is -0.244 e. The molecule has 0 unspecified atom stereocenters. The quantitative estimate of drug-likeness (QED) is 0.133. The number of hydrogen-bond acceptors (Lipinski definition) is 2. The zero-order valence-electron chi connectivity index (χ0n) is 12.4. The Hall–Kier alpha value is -1.54. The molecule has 4 aromatic carbocycles. The van der Waals surface area contributed by atoms with E-state index in [1.165, 1.54) is 28.7 Å². The Labute approximate surface area is 165 Å². The lowest BCUT2D eigenvalue weighted by Gasteiger charge is -2.11. The Morgan fingerprint density at radius 2 is 1.00 bits per heavy atom. The zero-order chi connectivity index (χ0) is 16.3. The Balaban J connectivity index is 2.15. The molecule has 0 spiro atoms. The van der Waals surface area contributed by atoms with E-state index in [-0.39, 0.29) is 0 Å². The maximum atomic E-state index is 4.96. The van der Waals surface area contributed by atoms with Crippen LogP contribution in [-0.2, 0) is 0 Å². The molecule has 1 aromatic heterocycles. The summed E-state index contributed by atoms with van der Waals surface area (Å²) in [6.07, 6.45) is 0. The second-order valence-corrected chi connectivity index (χ2v) is 8.28. The molecule has 0 saturated heterocycles. The van der Waals surface area contributed by atoms with Crippen molar-refractivity contribution in [2.24, 2.45) is 0 Å². The second kappa shape index (κ2) is 5.49. The van der Waals surface area contributed by atoms with Crippen LogP contribution in [0, 0.1) is 7.14 Å². The van der Waals surface area contributed by atoms with Crippen LogP contribution in [0.1, 0.15) is 0 Å². The molecule has 0 fully saturated rings. The summed E-state index contributed by atoms with van der Waals surface area (Å²) in [5.41, 5.74) is 3.85. The summed E-state index contributed by atoms with van der Waals surface area (Å²) in [6, 6.07) is 21.2. The molecule has 5 aromatic rings. The molecule has 0 aliphatic carbocycles. The lowest BCUT2D eigenvalue weighted by molar-refractivity contribution is 1.42. The number of halogens is 2. The van der Waals surface area contributed by atoms with Gasteiger partial charge in [0.25, 0.3) is 0 Å². The number of benzene rings is 4. The molecule has 114 valence electrons. The summed E-state index contributed by atoms with van der Waals surface area (Å²) in [4.78, 5) is 9.92. The predicted octanol–water partition coefficient (Wildman–Crippen LogP) is 6.30. The van der Waals surface area contributed by atoms with Crippen molar-refractivity contribution >= 4 is 88.8 Å². The van der Waals surface area contributed by atoms with Gasteiger partial charge in [0.2, 0.25) is 0 Å². The molecule has 0 amide bonds. The predicted molar refractivity (Wildman–Crippen MR) is 117 cm³/mol. The third-order valence-corrected chi connectivity index (χ3v) is 5.68. The average Bonchev–Trinajstić information content (AvgIpc) is 2.60. The lowest BCUT2D eigenvalue weighted by Crippen LogP contribution is -1.92. The molecular weight excluding hydrogens is 522 g/mol. The normalized spacial score (nSPS) is 11.8. The van der Waals surface area contributed by atoms with Gasteiger partial charge in [-0.1, -0.05) is 24.3 Å². The van der Waals surface area contributed by atoms with Crippen molar-refractivity contribution in [2.45, 2.75) is 0 Å². The van der Waals surface area contributed by atoms with Gasteiger partial charge in [-0.3, -0.25) is 0 Å². The molecule has 4 heteroatoms. The molecule has 1 heterocycles. The van der Waals surface area contributed by atoms with Crippen LogP contribution in [0.25, 0.3) is 43.6 Å². The van der Waals surface area contributed by atoms with Gasteiger partial charge in [-0.25, -0.2) is 9.97 Å². The van der Waals surface area contributed by atoms with E-state index >= 15 is 0 Å². The second-order valence-electron chi connectivity index (χ2n) is 5.79. The van der Waals surface area contributed by atoms with Gasteiger partial charge < -0.3 is 0 Å². The SMILES string of the molecule is Ic1ccc2c3ccc(I)cc3c3nc4ccccc4nc3c2c1. The van der Waals surface area contributed by atoms with Crippen LogP contribution in [0.5, 0.6) is 0 Å². The van der Waals surface area contributed by atoms with E-state index in [1.54, 1.807) is 0 Å². The number of para-hydroxylation sites is 2. The molecule has 0 atom stereocenters. The highest BCUT2D eigenvalue weighted by Crippen LogP contribution is 2.35. The number of rotatable bonds is 0. The zero-order valence-corrected chi connectivity index (χ0v) is 16.7. The van der Waals surface area contributed by atoms with E-state index in [2.05, 4.69) is 81.6 Å². The first kappa shape index (κ1) is 14.8. The van der Waals surface area contributed by atoms with E-state index in [1.807, 2.05) is 24.3 Å². The first-order valence-electron chi connectivity index (χ1n) is 7.58. The Kier molecular flexibility index (Phi) is 3.38. The molecule has 24 heavy (non-hydrogen) atoms. The van der Waals surface area contributed by atoms with Crippen molar-refractivity contribution in [2.75, 3.05) is 0 Å². The fourth-order valence-corrected chi connectivity index (χ4v) is 4.25. The van der Waals surface area contributed by atoms with E-state index in [4.69, 9.17) is 9.97 Å². The van der Waals surface area contributed by atoms with Crippen LogP contribution in [-0.4, -0.2) is 9.97 Å². The Morgan fingerprint density at radius 3 is 1.46 bits per heavy atom. The van der Waals surface area contributed by atoms with Crippen molar-refractivity contribution in [1.82, 2.24) is 9.97 Å². The Morgan fingerprint density at radius 1 is 0.542 bits per heavy atom. The number of aromatic nitrogens is 2. The maximum Gasteiger partial charge on any atom is 0.0979 e. The molecule has 5 rings (SSSR count). The average molecular weight is 532 g/mol. The van der Waals surface area contributed by atoms with E-state index in [0.717, 1.165) is 22.1 Å². The summed E-state index contributed by atoms with van der Waals surface area (Å²) in [5, 5.41) is 4.81. The van der Waals surface area contributed by atoms with Crippen LogP contribution >= 0.6 is 45.2 Å². The van der Waals surface area contributed by atoms with Gasteiger partial charge >= 0.3 is 0 Å². The van der Waals surface area contributed by atoms with Gasteiger partial charge in [0.1, 0.15) is 0 Å². The minimum absolute atomic E-state index is 0.940. The van der Waals surface area contributed by atoms with E-state index in [0.29, 0.717) is 0 Å². The summed E-state index contributed by atoms with van der Waals surface area (Å²) in [5.74, 6) is 0. The molecule has 0 N–H and O–H groups in total. The van der Waals surface area contributed by atoms with Crippen LogP contribution < -0.4 is 0 Å². The summed E-state index contributed by atoms with van der Waals surface area (Å²) in [6.45, 7) is 0. The highest BCUT2D eigenvalue weighted by atomic mass is 127. The van der Waals surface area contributed by atoms with E-state index in [9.17, 15) is 0 Å². The van der Waals surface area contributed by atoms with Crippen LogP contribution in [0.4, 0.5) is 0 Å². The fraction of sp³-hybridized carbons (Fsp3) is 0. The molecule has 0 radical (unpaired) electrons. The molecule has 0 saturated carbocycles. The first-order chi connectivity index (χ1) is 11.7. The van der Waals surface area contributed by atoms with Gasteiger partial charge in [0.15, 0.2) is 0 Å². The number of nitrogens with zero attached hydrogens (tertiary/aromatic N) is 2. The van der Waals surface area contributed by atoms with Gasteiger partial charge in [-0.2, -0.15) is 0 Å². The van der Waals surface area contributed by atoms with Gasteiger partial charge in [0.05, 0.1) is 22.1 Å².